The van der Waals surface area contributed by atoms with Gasteiger partial charge in [0.1, 0.15) is 5.82 Å². The smallest absolute Gasteiger partial charge is 0.207 e. The van der Waals surface area contributed by atoms with E-state index < -0.39 is 0 Å². The topological polar surface area (TPSA) is 43.1 Å². The minimum atomic E-state index is -0.251. The van der Waals surface area contributed by atoms with Crippen LogP contribution >= 0.6 is 23.4 Å². The molecule has 0 aliphatic carbocycles. The van der Waals surface area contributed by atoms with Crippen molar-refractivity contribution in [3.05, 3.63) is 76.3 Å². The van der Waals surface area contributed by atoms with Gasteiger partial charge in [0.15, 0.2) is 5.82 Å². The Kier molecular flexibility index (Phi) is 4.31. The van der Waals surface area contributed by atoms with E-state index in [1.165, 1.54) is 6.07 Å². The Morgan fingerprint density at radius 3 is 2.64 bits per heavy atom. The van der Waals surface area contributed by atoms with Gasteiger partial charge in [0.05, 0.1) is 11.0 Å². The highest BCUT2D eigenvalue weighted by Gasteiger charge is 2.26. The molecule has 0 saturated heterocycles. The number of nitrogens with zero attached hydrogens (tertiary/aromatic N) is 4. The molecule has 126 valence electrons. The fourth-order valence-electron chi connectivity index (χ4n) is 2.71. The molecule has 4 nitrogen and oxygen atoms in total. The number of hydrogen-bond acceptors (Lipinski definition) is 4. The van der Waals surface area contributed by atoms with E-state index in [0.29, 0.717) is 22.8 Å². The molecule has 0 unspecified atom stereocenters. The predicted molar refractivity (Wildman–Crippen MR) is 97.9 cm³/mol. The molecule has 0 bridgehead atoms. The first kappa shape index (κ1) is 16.3. The fourth-order valence-corrected chi connectivity index (χ4v) is 3.78. The molecule has 4 rings (SSSR count). The average molecular weight is 373 g/mol. The largest absolute Gasteiger partial charge is 0.212 e. The van der Waals surface area contributed by atoms with Crippen molar-refractivity contribution < 1.29 is 4.39 Å². The Labute approximate surface area is 153 Å². The first-order valence-corrected chi connectivity index (χ1v) is 9.07. The van der Waals surface area contributed by atoms with Crippen LogP contribution in [0.2, 0.25) is 5.02 Å². The Morgan fingerprint density at radius 2 is 1.88 bits per heavy atom. The maximum atomic E-state index is 13.9. The van der Waals surface area contributed by atoms with Crippen LogP contribution in [0.5, 0.6) is 0 Å². The molecule has 0 spiro atoms. The predicted octanol–water partition coefficient (Wildman–Crippen LogP) is 4.41. The van der Waals surface area contributed by atoms with Gasteiger partial charge in [0, 0.05) is 11.4 Å². The molecule has 0 amide bonds. The highest BCUT2D eigenvalue weighted by molar-refractivity contribution is 8.00. The van der Waals surface area contributed by atoms with E-state index in [0.717, 1.165) is 16.4 Å². The zero-order chi connectivity index (χ0) is 17.4. The normalized spacial score (nSPS) is 16.4. The number of rotatable bonds is 3. The van der Waals surface area contributed by atoms with Gasteiger partial charge >= 0.3 is 0 Å². The van der Waals surface area contributed by atoms with Crippen molar-refractivity contribution in [2.75, 3.05) is 0 Å². The van der Waals surface area contributed by atoms with E-state index in [1.54, 1.807) is 28.6 Å². The summed E-state index contributed by atoms with van der Waals surface area (Å²) in [7, 11) is 0. The van der Waals surface area contributed by atoms with Gasteiger partial charge in [-0.2, -0.15) is 9.78 Å². The molecule has 0 fully saturated rings. The van der Waals surface area contributed by atoms with E-state index in [9.17, 15) is 4.39 Å². The standard InChI is InChI=1S/C18H14ClFN4S/c1-11-17(12-6-8-14(19)9-7-12)23-24-16(21-22-18(24)25-11)10-13-4-2-3-5-15(13)20/h2-9,11H,10H2,1H3/t11-/m0/s1. The zero-order valence-corrected chi connectivity index (χ0v) is 14.9. The average Bonchev–Trinajstić information content (AvgIpc) is 2.99. The van der Waals surface area contributed by atoms with E-state index in [2.05, 4.69) is 17.1 Å². The molecule has 2 aromatic carbocycles. The molecular formula is C18H14ClFN4S. The van der Waals surface area contributed by atoms with Crippen molar-refractivity contribution in [2.45, 2.75) is 23.8 Å². The molecule has 25 heavy (non-hydrogen) atoms. The fraction of sp³-hybridized carbons (Fsp3) is 0.167. The molecule has 0 radical (unpaired) electrons. The molecular weight excluding hydrogens is 359 g/mol. The van der Waals surface area contributed by atoms with Crippen LogP contribution in [-0.4, -0.2) is 25.8 Å². The molecule has 1 aliphatic heterocycles. The monoisotopic (exact) mass is 372 g/mol. The third-order valence-corrected chi connectivity index (χ3v) is 5.29. The second kappa shape index (κ2) is 6.61. The van der Waals surface area contributed by atoms with E-state index in [1.807, 2.05) is 30.3 Å². The van der Waals surface area contributed by atoms with E-state index in [-0.39, 0.29) is 11.1 Å². The number of halogens is 2. The van der Waals surface area contributed by atoms with Gasteiger partial charge in [0.2, 0.25) is 5.16 Å². The minimum Gasteiger partial charge on any atom is -0.207 e. The van der Waals surface area contributed by atoms with Gasteiger partial charge in [-0.3, -0.25) is 0 Å². The zero-order valence-electron chi connectivity index (χ0n) is 13.4. The molecule has 1 aromatic heterocycles. The number of fused-ring (bicyclic) bond motifs is 1. The molecule has 1 aliphatic rings. The maximum Gasteiger partial charge on any atom is 0.212 e. The molecule has 3 aromatic rings. The van der Waals surface area contributed by atoms with Crippen LogP contribution in [0.15, 0.2) is 58.8 Å². The third-order valence-electron chi connectivity index (χ3n) is 4.00. The van der Waals surface area contributed by atoms with Crippen LogP contribution in [0.4, 0.5) is 4.39 Å². The maximum absolute atomic E-state index is 13.9. The highest BCUT2D eigenvalue weighted by atomic mass is 35.5. The van der Waals surface area contributed by atoms with Crippen molar-refractivity contribution >= 4 is 29.1 Å². The summed E-state index contributed by atoms with van der Waals surface area (Å²) in [5, 5.41) is 14.7. The van der Waals surface area contributed by atoms with Gasteiger partial charge in [-0.1, -0.05) is 53.7 Å². The van der Waals surface area contributed by atoms with Crippen molar-refractivity contribution in [3.8, 4) is 0 Å². The van der Waals surface area contributed by atoms with E-state index >= 15 is 0 Å². The summed E-state index contributed by atoms with van der Waals surface area (Å²) in [4.78, 5) is 0. The van der Waals surface area contributed by atoms with E-state index in [4.69, 9.17) is 16.7 Å². The summed E-state index contributed by atoms with van der Waals surface area (Å²) in [5.74, 6) is 0.365. The summed E-state index contributed by atoms with van der Waals surface area (Å²) in [6, 6.07) is 14.3. The number of hydrogen-bond donors (Lipinski definition) is 0. The summed E-state index contributed by atoms with van der Waals surface area (Å²) in [6.07, 6.45) is 0.339. The van der Waals surface area contributed by atoms with Gasteiger partial charge in [-0.15, -0.1) is 10.2 Å². The lowest BCUT2D eigenvalue weighted by molar-refractivity contribution is 0.608. The lowest BCUT2D eigenvalue weighted by atomic mass is 10.1. The van der Waals surface area contributed by atoms with Crippen LogP contribution in [0.25, 0.3) is 0 Å². The van der Waals surface area contributed by atoms with Gasteiger partial charge < -0.3 is 0 Å². The van der Waals surface area contributed by atoms with Crippen molar-refractivity contribution in [1.82, 2.24) is 14.9 Å². The summed E-state index contributed by atoms with van der Waals surface area (Å²) in [6.45, 7) is 2.08. The Hall–Kier alpha value is -2.18. The first-order chi connectivity index (χ1) is 12.1. The SMILES string of the molecule is C[C@@H]1Sc2nnc(Cc3ccccc3F)n2N=C1c1ccc(Cl)cc1. The van der Waals surface area contributed by atoms with Crippen LogP contribution in [0.1, 0.15) is 23.9 Å². The van der Waals surface area contributed by atoms with Gasteiger partial charge in [-0.25, -0.2) is 4.39 Å². The number of aromatic nitrogens is 3. The van der Waals surface area contributed by atoms with Crippen molar-refractivity contribution in [3.63, 3.8) is 0 Å². The number of thioether (sulfide) groups is 1. The molecule has 7 heteroatoms. The summed E-state index contributed by atoms with van der Waals surface area (Å²) < 4.78 is 15.7. The lowest BCUT2D eigenvalue weighted by Crippen LogP contribution is -2.22. The van der Waals surface area contributed by atoms with Gasteiger partial charge in [0.25, 0.3) is 0 Å². The lowest BCUT2D eigenvalue weighted by Gasteiger charge is -2.20. The summed E-state index contributed by atoms with van der Waals surface area (Å²) >= 11 is 7.56. The first-order valence-electron chi connectivity index (χ1n) is 7.81. The van der Waals surface area contributed by atoms with Crippen molar-refractivity contribution in [2.24, 2.45) is 5.10 Å². The van der Waals surface area contributed by atoms with Gasteiger partial charge in [-0.05, 0) is 36.2 Å². The highest BCUT2D eigenvalue weighted by Crippen LogP contribution is 2.31. The van der Waals surface area contributed by atoms with Crippen molar-refractivity contribution in [1.29, 1.82) is 0 Å². The number of benzene rings is 2. The van der Waals surface area contributed by atoms with Crippen LogP contribution in [-0.2, 0) is 6.42 Å². The minimum absolute atomic E-state index is 0.138. The Morgan fingerprint density at radius 1 is 1.12 bits per heavy atom. The van der Waals surface area contributed by atoms with Crippen LogP contribution in [0, 0.1) is 5.82 Å². The molecule has 0 N–H and O–H groups in total. The quantitative estimate of drug-likeness (QED) is 0.684. The Balaban J connectivity index is 1.73. The Bertz CT molecular complexity index is 952. The molecule has 2 heterocycles. The summed E-state index contributed by atoms with van der Waals surface area (Å²) in [5.41, 5.74) is 2.49. The molecule has 0 saturated carbocycles. The second-order valence-corrected chi connectivity index (χ2v) is 7.48. The van der Waals surface area contributed by atoms with Crippen LogP contribution in [0.3, 0.4) is 0 Å². The molecule has 1 atom stereocenters. The van der Waals surface area contributed by atoms with Crippen LogP contribution < -0.4 is 0 Å². The second-order valence-electron chi connectivity index (χ2n) is 5.73. The third kappa shape index (κ3) is 3.19.